The highest BCUT2D eigenvalue weighted by Gasteiger charge is 2.53. The summed E-state index contributed by atoms with van der Waals surface area (Å²) in [5, 5.41) is 20.3. The van der Waals surface area contributed by atoms with Crippen molar-refractivity contribution in [3.8, 4) is 0 Å². The molecule has 0 saturated carbocycles. The van der Waals surface area contributed by atoms with E-state index in [9.17, 15) is 10.1 Å². The van der Waals surface area contributed by atoms with Crippen molar-refractivity contribution in [3.05, 3.63) is 33.9 Å². The van der Waals surface area contributed by atoms with Crippen LogP contribution in [0.2, 0.25) is 0 Å². The molecular weight excluding hydrogens is 261 g/mol. The average molecular weight is 279 g/mol. The Morgan fingerprint density at radius 3 is 2.25 bits per heavy atom. The largest absolute Gasteiger partial charge is 0.501 e. The minimum Gasteiger partial charge on any atom is -0.399 e. The van der Waals surface area contributed by atoms with Gasteiger partial charge in [0.15, 0.2) is 0 Å². The molecular formula is C13H18BNO5. The number of benzene rings is 1. The van der Waals surface area contributed by atoms with Crippen molar-refractivity contribution in [2.24, 2.45) is 0 Å². The molecule has 1 aliphatic heterocycles. The van der Waals surface area contributed by atoms with E-state index in [-0.39, 0.29) is 12.3 Å². The van der Waals surface area contributed by atoms with Gasteiger partial charge in [0.25, 0.3) is 5.69 Å². The Labute approximate surface area is 118 Å². The van der Waals surface area contributed by atoms with Gasteiger partial charge in [0.05, 0.1) is 28.2 Å². The first-order valence-corrected chi connectivity index (χ1v) is 6.41. The second kappa shape index (κ2) is 4.84. The first-order valence-electron chi connectivity index (χ1n) is 6.41. The average Bonchev–Trinajstić information content (AvgIpc) is 2.57. The van der Waals surface area contributed by atoms with Crippen LogP contribution < -0.4 is 5.46 Å². The molecule has 1 heterocycles. The maximum absolute atomic E-state index is 11.2. The van der Waals surface area contributed by atoms with Crippen molar-refractivity contribution < 1.29 is 19.3 Å². The summed E-state index contributed by atoms with van der Waals surface area (Å²) in [5.74, 6) is 0. The normalized spacial score (nSPS) is 20.1. The van der Waals surface area contributed by atoms with Gasteiger partial charge >= 0.3 is 7.12 Å². The molecule has 1 fully saturated rings. The van der Waals surface area contributed by atoms with Crippen molar-refractivity contribution in [1.82, 2.24) is 0 Å². The Balaban J connectivity index is 2.42. The molecule has 7 heteroatoms. The predicted octanol–water partition coefficient (Wildman–Crippen LogP) is 1.39. The molecule has 1 saturated heterocycles. The zero-order valence-corrected chi connectivity index (χ0v) is 12.0. The summed E-state index contributed by atoms with van der Waals surface area (Å²) >= 11 is 0. The summed E-state index contributed by atoms with van der Waals surface area (Å²) in [6, 6.07) is 4.56. The number of hydrogen-bond donors (Lipinski definition) is 1. The highest BCUT2D eigenvalue weighted by Crippen LogP contribution is 2.37. The molecule has 0 bridgehead atoms. The molecule has 6 nitrogen and oxygen atoms in total. The van der Waals surface area contributed by atoms with E-state index < -0.39 is 23.2 Å². The van der Waals surface area contributed by atoms with Crippen molar-refractivity contribution in [2.75, 3.05) is 0 Å². The van der Waals surface area contributed by atoms with E-state index in [4.69, 9.17) is 14.4 Å². The maximum Gasteiger partial charge on any atom is 0.501 e. The van der Waals surface area contributed by atoms with Crippen LogP contribution in [-0.2, 0) is 15.9 Å². The minimum absolute atomic E-state index is 0.102. The van der Waals surface area contributed by atoms with E-state index in [0.717, 1.165) is 0 Å². The van der Waals surface area contributed by atoms with Crippen molar-refractivity contribution in [1.29, 1.82) is 0 Å². The van der Waals surface area contributed by atoms with E-state index in [1.54, 1.807) is 12.1 Å². The Kier molecular flexibility index (Phi) is 3.62. The molecule has 0 atom stereocenters. The molecule has 108 valence electrons. The van der Waals surface area contributed by atoms with Crippen molar-refractivity contribution in [3.63, 3.8) is 0 Å². The smallest absolute Gasteiger partial charge is 0.399 e. The summed E-state index contributed by atoms with van der Waals surface area (Å²) in [4.78, 5) is 10.7. The number of aliphatic hydroxyl groups excluding tert-OH is 1. The highest BCUT2D eigenvalue weighted by atomic mass is 16.7. The van der Waals surface area contributed by atoms with Gasteiger partial charge in [0.1, 0.15) is 0 Å². The summed E-state index contributed by atoms with van der Waals surface area (Å²) < 4.78 is 11.7. The molecule has 0 unspecified atom stereocenters. The fourth-order valence-corrected chi connectivity index (χ4v) is 2.02. The predicted molar refractivity (Wildman–Crippen MR) is 74.7 cm³/mol. The number of aliphatic hydroxyl groups is 1. The molecule has 0 spiro atoms. The Morgan fingerprint density at radius 2 is 1.80 bits per heavy atom. The van der Waals surface area contributed by atoms with E-state index in [2.05, 4.69) is 0 Å². The lowest BCUT2D eigenvalue weighted by molar-refractivity contribution is -0.383. The standard InChI is InChI=1S/C13H18BNO5/c1-12(2)13(3,4)20-14(19-12)10-6-5-9(8-16)7-11(10)15(17)18/h5-7,16H,8H2,1-4H3. The maximum atomic E-state index is 11.2. The van der Waals surface area contributed by atoms with Crippen molar-refractivity contribution in [2.45, 2.75) is 45.5 Å². The Hall–Kier alpha value is -1.44. The molecule has 2 rings (SSSR count). The number of rotatable bonds is 3. The van der Waals surface area contributed by atoms with Crippen LogP contribution >= 0.6 is 0 Å². The number of nitrogens with zero attached hydrogens (tertiary/aromatic N) is 1. The minimum atomic E-state index is -0.784. The quantitative estimate of drug-likeness (QED) is 0.513. The molecule has 0 amide bonds. The molecule has 1 N–H and O–H groups in total. The van der Waals surface area contributed by atoms with Crippen molar-refractivity contribution >= 4 is 18.3 Å². The van der Waals surface area contributed by atoms with Gasteiger partial charge in [-0.15, -0.1) is 0 Å². The van der Waals surface area contributed by atoms with Gasteiger partial charge in [-0.2, -0.15) is 0 Å². The zero-order valence-electron chi connectivity index (χ0n) is 12.0. The Bertz CT molecular complexity index is 528. The van der Waals surface area contributed by atoms with Gasteiger partial charge in [-0.3, -0.25) is 10.1 Å². The van der Waals surface area contributed by atoms with Gasteiger partial charge in [0, 0.05) is 6.07 Å². The summed E-state index contributed by atoms with van der Waals surface area (Å²) in [7, 11) is -0.784. The van der Waals surface area contributed by atoms with Crippen LogP contribution in [0.4, 0.5) is 5.69 Å². The second-order valence-electron chi connectivity index (χ2n) is 5.90. The molecule has 20 heavy (non-hydrogen) atoms. The van der Waals surface area contributed by atoms with E-state index in [0.29, 0.717) is 11.0 Å². The zero-order chi connectivity index (χ0) is 15.1. The fraction of sp³-hybridized carbons (Fsp3) is 0.538. The monoisotopic (exact) mass is 279 g/mol. The lowest BCUT2D eigenvalue weighted by atomic mass is 9.77. The third-order valence-electron chi connectivity index (χ3n) is 3.98. The molecule has 0 radical (unpaired) electrons. The summed E-state index contributed by atoms with van der Waals surface area (Å²) in [5.41, 5.74) is -0.361. The fourth-order valence-electron chi connectivity index (χ4n) is 2.02. The van der Waals surface area contributed by atoms with E-state index >= 15 is 0 Å². The summed E-state index contributed by atoms with van der Waals surface area (Å²) in [6.45, 7) is 7.31. The molecule has 1 aliphatic rings. The van der Waals surface area contributed by atoms with Crippen LogP contribution in [0.1, 0.15) is 33.3 Å². The SMILES string of the molecule is CC1(C)OB(c2ccc(CO)cc2[N+](=O)[O-])OC1(C)C. The summed E-state index contributed by atoms with van der Waals surface area (Å²) in [6.07, 6.45) is 0. The third-order valence-corrected chi connectivity index (χ3v) is 3.98. The van der Waals surface area contributed by atoms with Crippen LogP contribution in [-0.4, -0.2) is 28.4 Å². The number of nitro groups is 1. The van der Waals surface area contributed by atoms with Crippen LogP contribution in [0.15, 0.2) is 18.2 Å². The lowest BCUT2D eigenvalue weighted by Crippen LogP contribution is -2.41. The van der Waals surface area contributed by atoms with Crippen LogP contribution in [0.3, 0.4) is 0 Å². The number of nitro benzene ring substituents is 1. The van der Waals surface area contributed by atoms with Crippen LogP contribution in [0.25, 0.3) is 0 Å². The molecule has 0 aliphatic carbocycles. The second-order valence-corrected chi connectivity index (χ2v) is 5.90. The third kappa shape index (κ3) is 2.44. The molecule has 1 aromatic rings. The first kappa shape index (κ1) is 15.0. The highest BCUT2D eigenvalue weighted by molar-refractivity contribution is 6.63. The van der Waals surface area contributed by atoms with Gasteiger partial charge in [-0.05, 0) is 33.3 Å². The van der Waals surface area contributed by atoms with E-state index in [1.807, 2.05) is 27.7 Å². The Morgan fingerprint density at radius 1 is 1.25 bits per heavy atom. The van der Waals surface area contributed by atoms with Crippen LogP contribution in [0.5, 0.6) is 0 Å². The van der Waals surface area contributed by atoms with Gasteiger partial charge < -0.3 is 14.4 Å². The van der Waals surface area contributed by atoms with Gasteiger partial charge in [0.2, 0.25) is 0 Å². The first-order chi connectivity index (χ1) is 9.18. The van der Waals surface area contributed by atoms with Gasteiger partial charge in [-0.25, -0.2) is 0 Å². The molecule has 1 aromatic carbocycles. The number of hydrogen-bond acceptors (Lipinski definition) is 5. The van der Waals surface area contributed by atoms with Gasteiger partial charge in [-0.1, -0.05) is 12.1 Å². The topological polar surface area (TPSA) is 81.8 Å². The molecule has 0 aromatic heterocycles. The van der Waals surface area contributed by atoms with Crippen LogP contribution in [0, 0.1) is 10.1 Å². The van der Waals surface area contributed by atoms with E-state index in [1.165, 1.54) is 6.07 Å². The lowest BCUT2D eigenvalue weighted by Gasteiger charge is -2.32.